The first-order valence-electron chi connectivity index (χ1n) is 6.43. The minimum Gasteiger partial charge on any atom is -0.398 e. The van der Waals surface area contributed by atoms with E-state index in [4.69, 9.17) is 5.73 Å². The molecular formula is C14H24N2O2S. The normalized spacial score (nSPS) is 14.1. The van der Waals surface area contributed by atoms with E-state index in [9.17, 15) is 8.42 Å². The number of hydrogen-bond acceptors (Lipinski definition) is 3. The van der Waals surface area contributed by atoms with Crippen LogP contribution in [-0.2, 0) is 10.0 Å². The highest BCUT2D eigenvalue weighted by Crippen LogP contribution is 2.27. The van der Waals surface area contributed by atoms with Crippen LogP contribution in [0.2, 0.25) is 0 Å². The Bertz CT molecular complexity index is 565. The summed E-state index contributed by atoms with van der Waals surface area (Å²) in [6, 6.07) is 3.41. The third-order valence-corrected chi connectivity index (χ3v) is 5.81. The third-order valence-electron chi connectivity index (χ3n) is 3.74. The van der Waals surface area contributed by atoms with Crippen LogP contribution in [0.1, 0.15) is 31.9 Å². The van der Waals surface area contributed by atoms with E-state index in [1.807, 2.05) is 27.7 Å². The van der Waals surface area contributed by atoms with Crippen molar-refractivity contribution >= 4 is 15.7 Å². The molecule has 0 aromatic heterocycles. The Morgan fingerprint density at radius 1 is 1.16 bits per heavy atom. The van der Waals surface area contributed by atoms with Gasteiger partial charge in [0.25, 0.3) is 0 Å². The monoisotopic (exact) mass is 284 g/mol. The van der Waals surface area contributed by atoms with E-state index in [1.54, 1.807) is 26.1 Å². The van der Waals surface area contributed by atoms with Crippen LogP contribution in [0, 0.1) is 19.8 Å². The Morgan fingerprint density at radius 2 is 1.68 bits per heavy atom. The fourth-order valence-electron chi connectivity index (χ4n) is 1.91. The van der Waals surface area contributed by atoms with Gasteiger partial charge >= 0.3 is 0 Å². The molecule has 4 nitrogen and oxygen atoms in total. The van der Waals surface area contributed by atoms with Crippen molar-refractivity contribution in [2.24, 2.45) is 5.92 Å². The van der Waals surface area contributed by atoms with Crippen LogP contribution >= 0.6 is 0 Å². The molecule has 108 valence electrons. The van der Waals surface area contributed by atoms with E-state index >= 15 is 0 Å². The fourth-order valence-corrected chi connectivity index (χ4v) is 3.75. The van der Waals surface area contributed by atoms with Crippen molar-refractivity contribution in [3.05, 3.63) is 23.3 Å². The van der Waals surface area contributed by atoms with Crippen LogP contribution in [0.25, 0.3) is 0 Å². The average Bonchev–Trinajstić information content (AvgIpc) is 2.31. The lowest BCUT2D eigenvalue weighted by molar-refractivity contribution is 0.315. The van der Waals surface area contributed by atoms with Crippen molar-refractivity contribution < 1.29 is 8.42 Å². The summed E-state index contributed by atoms with van der Waals surface area (Å²) in [7, 11) is -1.88. The van der Waals surface area contributed by atoms with Gasteiger partial charge in [0.15, 0.2) is 0 Å². The molecule has 1 atom stereocenters. The SMILES string of the molecule is Cc1cc(N)c(C)c(S(=O)(=O)N(C)C(C)C(C)C)c1. The Hall–Kier alpha value is -1.07. The summed E-state index contributed by atoms with van der Waals surface area (Å²) in [5.41, 5.74) is 7.86. The number of nitrogens with zero attached hydrogens (tertiary/aromatic N) is 1. The number of anilines is 1. The van der Waals surface area contributed by atoms with E-state index in [0.717, 1.165) is 5.56 Å². The number of rotatable bonds is 4. The molecule has 1 rings (SSSR count). The van der Waals surface area contributed by atoms with Crippen molar-refractivity contribution in [3.8, 4) is 0 Å². The highest BCUT2D eigenvalue weighted by molar-refractivity contribution is 7.89. The maximum atomic E-state index is 12.7. The number of benzene rings is 1. The van der Waals surface area contributed by atoms with Crippen LogP contribution < -0.4 is 5.73 Å². The molecule has 0 aliphatic carbocycles. The van der Waals surface area contributed by atoms with Gasteiger partial charge in [-0.2, -0.15) is 4.31 Å². The molecule has 0 bridgehead atoms. The second-order valence-electron chi connectivity index (χ2n) is 5.48. The van der Waals surface area contributed by atoms with E-state index in [1.165, 1.54) is 4.31 Å². The molecule has 5 heteroatoms. The average molecular weight is 284 g/mol. The first kappa shape index (κ1) is 16.0. The summed E-state index contributed by atoms with van der Waals surface area (Å²) in [6.45, 7) is 9.52. The molecule has 1 aromatic rings. The standard InChI is InChI=1S/C14H24N2O2S/c1-9(2)12(5)16(6)19(17,18)14-8-10(3)7-13(15)11(14)4/h7-9,12H,15H2,1-6H3. The minimum atomic E-state index is -3.51. The molecule has 19 heavy (non-hydrogen) atoms. The molecule has 0 saturated heterocycles. The summed E-state index contributed by atoms with van der Waals surface area (Å²) in [6.07, 6.45) is 0. The number of hydrogen-bond donors (Lipinski definition) is 1. The highest BCUT2D eigenvalue weighted by atomic mass is 32.2. The Balaban J connectivity index is 3.36. The van der Waals surface area contributed by atoms with Gasteiger partial charge in [0.05, 0.1) is 4.90 Å². The van der Waals surface area contributed by atoms with Gasteiger partial charge in [0.1, 0.15) is 0 Å². The molecule has 0 heterocycles. The Labute approximate surface area is 116 Å². The Morgan fingerprint density at radius 3 is 2.16 bits per heavy atom. The zero-order valence-corrected chi connectivity index (χ0v) is 13.4. The van der Waals surface area contributed by atoms with Gasteiger partial charge < -0.3 is 5.73 Å². The van der Waals surface area contributed by atoms with Crippen LogP contribution in [0.4, 0.5) is 5.69 Å². The molecule has 0 fully saturated rings. The first-order chi connectivity index (χ1) is 8.59. The zero-order chi connectivity index (χ0) is 15.0. The minimum absolute atomic E-state index is 0.0638. The van der Waals surface area contributed by atoms with Crippen molar-refractivity contribution in [1.29, 1.82) is 0 Å². The summed E-state index contributed by atoms with van der Waals surface area (Å²) >= 11 is 0. The smallest absolute Gasteiger partial charge is 0.243 e. The van der Waals surface area contributed by atoms with E-state index in [-0.39, 0.29) is 12.0 Å². The van der Waals surface area contributed by atoms with Crippen molar-refractivity contribution in [3.63, 3.8) is 0 Å². The van der Waals surface area contributed by atoms with Gasteiger partial charge in [-0.25, -0.2) is 8.42 Å². The topological polar surface area (TPSA) is 63.4 Å². The largest absolute Gasteiger partial charge is 0.398 e. The van der Waals surface area contributed by atoms with Gasteiger partial charge in [-0.15, -0.1) is 0 Å². The molecule has 0 radical (unpaired) electrons. The third kappa shape index (κ3) is 3.09. The highest BCUT2D eigenvalue weighted by Gasteiger charge is 2.28. The number of aryl methyl sites for hydroxylation is 1. The second-order valence-corrected chi connectivity index (χ2v) is 7.45. The van der Waals surface area contributed by atoms with Crippen LogP contribution in [-0.4, -0.2) is 25.8 Å². The summed E-state index contributed by atoms with van der Waals surface area (Å²) in [5, 5.41) is 0. The fraction of sp³-hybridized carbons (Fsp3) is 0.571. The molecular weight excluding hydrogens is 260 g/mol. The predicted molar refractivity (Wildman–Crippen MR) is 79.6 cm³/mol. The van der Waals surface area contributed by atoms with Crippen molar-refractivity contribution in [1.82, 2.24) is 4.31 Å². The van der Waals surface area contributed by atoms with Gasteiger partial charge in [-0.05, 0) is 49.9 Å². The lowest BCUT2D eigenvalue weighted by atomic mass is 10.1. The molecule has 1 aromatic carbocycles. The number of sulfonamides is 1. The molecule has 0 aliphatic rings. The van der Waals surface area contributed by atoms with Crippen LogP contribution in [0.5, 0.6) is 0 Å². The van der Waals surface area contributed by atoms with Crippen molar-refractivity contribution in [2.75, 3.05) is 12.8 Å². The summed E-state index contributed by atoms with van der Waals surface area (Å²) in [4.78, 5) is 0.306. The lowest BCUT2D eigenvalue weighted by Gasteiger charge is -2.28. The number of nitrogens with two attached hydrogens (primary N) is 1. The molecule has 0 aliphatic heterocycles. The van der Waals surface area contributed by atoms with E-state index in [2.05, 4.69) is 0 Å². The molecule has 0 saturated carbocycles. The molecule has 2 N–H and O–H groups in total. The lowest BCUT2D eigenvalue weighted by Crippen LogP contribution is -2.38. The van der Waals surface area contributed by atoms with E-state index in [0.29, 0.717) is 16.1 Å². The zero-order valence-electron chi connectivity index (χ0n) is 12.6. The summed E-state index contributed by atoms with van der Waals surface area (Å²) < 4.78 is 26.8. The quantitative estimate of drug-likeness (QED) is 0.864. The van der Waals surface area contributed by atoms with Gasteiger partial charge in [0.2, 0.25) is 10.0 Å². The maximum absolute atomic E-state index is 12.7. The maximum Gasteiger partial charge on any atom is 0.243 e. The van der Waals surface area contributed by atoms with Crippen molar-refractivity contribution in [2.45, 2.75) is 45.6 Å². The van der Waals surface area contributed by atoms with Gasteiger partial charge in [0, 0.05) is 18.8 Å². The first-order valence-corrected chi connectivity index (χ1v) is 7.87. The second kappa shape index (κ2) is 5.51. The van der Waals surface area contributed by atoms with E-state index < -0.39 is 10.0 Å². The molecule has 1 unspecified atom stereocenters. The van der Waals surface area contributed by atoms with Gasteiger partial charge in [-0.3, -0.25) is 0 Å². The molecule has 0 amide bonds. The van der Waals surface area contributed by atoms with Gasteiger partial charge in [-0.1, -0.05) is 13.8 Å². The molecule has 0 spiro atoms. The predicted octanol–water partition coefficient (Wildman–Crippen LogP) is 2.55. The van der Waals surface area contributed by atoms with Crippen LogP contribution in [0.15, 0.2) is 17.0 Å². The Kier molecular flexibility index (Phi) is 4.63. The van der Waals surface area contributed by atoms with Crippen LogP contribution in [0.3, 0.4) is 0 Å². The summed E-state index contributed by atoms with van der Waals surface area (Å²) in [5.74, 6) is 0.252. The number of nitrogen functional groups attached to an aromatic ring is 1.